The second-order valence-corrected chi connectivity index (χ2v) is 6.59. The number of thiophene rings is 1. The molecule has 2 rings (SSSR count). The first-order valence-electron chi connectivity index (χ1n) is 7.26. The molecule has 1 N–H and O–H groups in total. The molecular weight excluding hydrogens is 314 g/mol. The van der Waals surface area contributed by atoms with Crippen LogP contribution in [0.1, 0.15) is 45.0 Å². The number of hydrogen-bond acceptors (Lipinski definition) is 5. The summed E-state index contributed by atoms with van der Waals surface area (Å²) in [5.41, 5.74) is 3.55. The molecule has 7 heteroatoms. The molecule has 0 aliphatic carbocycles. The van der Waals surface area contributed by atoms with Gasteiger partial charge in [0.15, 0.2) is 0 Å². The Kier molecular flexibility index (Phi) is 4.89. The maximum absolute atomic E-state index is 12.5. The normalized spacial score (nSPS) is 12.1. The van der Waals surface area contributed by atoms with Gasteiger partial charge in [0.25, 0.3) is 0 Å². The highest BCUT2D eigenvalue weighted by molar-refractivity contribution is 7.18. The quantitative estimate of drug-likeness (QED) is 0.872. The fourth-order valence-electron chi connectivity index (χ4n) is 2.62. The van der Waals surface area contributed by atoms with Gasteiger partial charge >= 0.3 is 5.97 Å². The third-order valence-electron chi connectivity index (χ3n) is 3.93. The van der Waals surface area contributed by atoms with Crippen LogP contribution in [0.2, 0.25) is 0 Å². The van der Waals surface area contributed by atoms with Crippen molar-refractivity contribution in [1.29, 1.82) is 0 Å². The molecule has 1 unspecified atom stereocenters. The van der Waals surface area contributed by atoms with E-state index in [0.717, 1.165) is 22.5 Å². The monoisotopic (exact) mass is 335 g/mol. The standard InChI is InChI=1S/C16H21N3O3S/c1-8-7-12(23-14(8)16(21)22-6)17-15(20)9(2)13-10(3)18-19(5)11(13)4/h7,9H,1-6H3,(H,17,20). The minimum Gasteiger partial charge on any atom is -0.465 e. The molecule has 6 nitrogen and oxygen atoms in total. The summed E-state index contributed by atoms with van der Waals surface area (Å²) in [5, 5.41) is 7.87. The van der Waals surface area contributed by atoms with Crippen molar-refractivity contribution in [1.82, 2.24) is 9.78 Å². The zero-order chi connectivity index (χ0) is 17.3. The molecule has 124 valence electrons. The largest absolute Gasteiger partial charge is 0.465 e. The van der Waals surface area contributed by atoms with Crippen LogP contribution in [0.15, 0.2) is 6.07 Å². The van der Waals surface area contributed by atoms with Crippen molar-refractivity contribution in [2.75, 3.05) is 12.4 Å². The summed E-state index contributed by atoms with van der Waals surface area (Å²) in [7, 11) is 3.21. The maximum atomic E-state index is 12.5. The molecular formula is C16H21N3O3S. The Morgan fingerprint density at radius 3 is 2.52 bits per heavy atom. The smallest absolute Gasteiger partial charge is 0.348 e. The topological polar surface area (TPSA) is 73.2 Å². The van der Waals surface area contributed by atoms with Crippen molar-refractivity contribution in [2.24, 2.45) is 7.05 Å². The number of carbonyl (C=O) groups is 2. The van der Waals surface area contributed by atoms with E-state index in [2.05, 4.69) is 10.4 Å². The summed E-state index contributed by atoms with van der Waals surface area (Å²) >= 11 is 1.22. The van der Waals surface area contributed by atoms with Crippen LogP contribution in [0.25, 0.3) is 0 Å². The van der Waals surface area contributed by atoms with Gasteiger partial charge < -0.3 is 10.1 Å². The number of anilines is 1. The number of rotatable bonds is 4. The fraction of sp³-hybridized carbons (Fsp3) is 0.438. The Labute approximate surface area is 139 Å². The molecule has 1 atom stereocenters. The molecule has 1 amide bonds. The maximum Gasteiger partial charge on any atom is 0.348 e. The van der Waals surface area contributed by atoms with Crippen LogP contribution >= 0.6 is 11.3 Å². The lowest BCUT2D eigenvalue weighted by Gasteiger charge is -2.12. The number of carbonyl (C=O) groups excluding carboxylic acids is 2. The van der Waals surface area contributed by atoms with Crippen LogP contribution in [0, 0.1) is 20.8 Å². The minimum atomic E-state index is -0.389. The van der Waals surface area contributed by atoms with E-state index in [0.29, 0.717) is 9.88 Å². The van der Waals surface area contributed by atoms with Gasteiger partial charge in [-0.1, -0.05) is 0 Å². The van der Waals surface area contributed by atoms with Gasteiger partial charge in [0.05, 0.1) is 23.7 Å². The van der Waals surface area contributed by atoms with Crippen LogP contribution < -0.4 is 5.32 Å². The van der Waals surface area contributed by atoms with Gasteiger partial charge in [-0.15, -0.1) is 11.3 Å². The SMILES string of the molecule is COC(=O)c1sc(NC(=O)C(C)c2c(C)nn(C)c2C)cc1C. The van der Waals surface area contributed by atoms with Crippen LogP contribution in [0.3, 0.4) is 0 Å². The number of nitrogens with zero attached hydrogens (tertiary/aromatic N) is 2. The van der Waals surface area contributed by atoms with Crippen LogP contribution in [-0.4, -0.2) is 28.8 Å². The Morgan fingerprint density at radius 2 is 2.00 bits per heavy atom. The molecule has 0 aliphatic heterocycles. The average molecular weight is 335 g/mol. The number of ether oxygens (including phenoxy) is 1. The zero-order valence-corrected chi connectivity index (χ0v) is 15.0. The molecule has 0 bridgehead atoms. The molecule has 2 aromatic heterocycles. The Balaban J connectivity index is 2.20. The van der Waals surface area contributed by atoms with Gasteiger partial charge in [-0.25, -0.2) is 4.79 Å². The molecule has 0 aliphatic rings. The van der Waals surface area contributed by atoms with Crippen LogP contribution in [0.4, 0.5) is 5.00 Å². The van der Waals surface area contributed by atoms with E-state index in [1.807, 2.05) is 34.7 Å². The number of esters is 1. The number of amides is 1. The average Bonchev–Trinajstić information content (AvgIpc) is 2.97. The van der Waals surface area contributed by atoms with Crippen molar-refractivity contribution in [3.8, 4) is 0 Å². The zero-order valence-electron chi connectivity index (χ0n) is 14.2. The summed E-state index contributed by atoms with van der Waals surface area (Å²) in [5.74, 6) is -0.838. The lowest BCUT2D eigenvalue weighted by molar-refractivity contribution is -0.117. The third kappa shape index (κ3) is 3.29. The lowest BCUT2D eigenvalue weighted by atomic mass is 9.98. The predicted molar refractivity (Wildman–Crippen MR) is 90.1 cm³/mol. The van der Waals surface area contributed by atoms with E-state index in [4.69, 9.17) is 4.74 Å². The number of hydrogen-bond donors (Lipinski definition) is 1. The highest BCUT2D eigenvalue weighted by Crippen LogP contribution is 2.29. The van der Waals surface area contributed by atoms with Gasteiger partial charge in [-0.3, -0.25) is 9.48 Å². The van der Waals surface area contributed by atoms with E-state index in [1.165, 1.54) is 18.4 Å². The van der Waals surface area contributed by atoms with Crippen LogP contribution in [-0.2, 0) is 16.6 Å². The highest BCUT2D eigenvalue weighted by Gasteiger charge is 2.24. The Hall–Kier alpha value is -2.15. The van der Waals surface area contributed by atoms with Gasteiger partial charge in [-0.05, 0) is 39.3 Å². The van der Waals surface area contributed by atoms with E-state index in [9.17, 15) is 9.59 Å². The molecule has 0 radical (unpaired) electrons. The lowest BCUT2D eigenvalue weighted by Crippen LogP contribution is -2.19. The first-order valence-corrected chi connectivity index (χ1v) is 8.07. The van der Waals surface area contributed by atoms with Crippen molar-refractivity contribution in [2.45, 2.75) is 33.6 Å². The summed E-state index contributed by atoms with van der Waals surface area (Å²) in [6.07, 6.45) is 0. The predicted octanol–water partition coefficient (Wildman–Crippen LogP) is 2.94. The summed E-state index contributed by atoms with van der Waals surface area (Å²) in [6, 6.07) is 1.78. The van der Waals surface area contributed by atoms with Crippen molar-refractivity contribution < 1.29 is 14.3 Å². The van der Waals surface area contributed by atoms with E-state index < -0.39 is 0 Å². The number of methoxy groups -OCH3 is 1. The molecule has 2 heterocycles. The molecule has 0 fully saturated rings. The molecule has 0 saturated heterocycles. The second kappa shape index (κ2) is 6.54. The molecule has 23 heavy (non-hydrogen) atoms. The van der Waals surface area contributed by atoms with Crippen molar-refractivity contribution in [3.63, 3.8) is 0 Å². The van der Waals surface area contributed by atoms with Gasteiger partial charge in [0.1, 0.15) is 4.88 Å². The van der Waals surface area contributed by atoms with Crippen molar-refractivity contribution >= 4 is 28.2 Å². The highest BCUT2D eigenvalue weighted by atomic mass is 32.1. The second-order valence-electron chi connectivity index (χ2n) is 5.53. The fourth-order valence-corrected chi connectivity index (χ4v) is 3.61. The number of aryl methyl sites for hydroxylation is 3. The number of nitrogens with one attached hydrogen (secondary N) is 1. The molecule has 0 spiro atoms. The summed E-state index contributed by atoms with van der Waals surface area (Å²) < 4.78 is 6.51. The van der Waals surface area contributed by atoms with Gasteiger partial charge in [0.2, 0.25) is 5.91 Å². The van der Waals surface area contributed by atoms with E-state index >= 15 is 0 Å². The molecule has 0 aromatic carbocycles. The summed E-state index contributed by atoms with van der Waals surface area (Å²) in [6.45, 7) is 7.52. The van der Waals surface area contributed by atoms with Crippen LogP contribution in [0.5, 0.6) is 0 Å². The Morgan fingerprint density at radius 1 is 1.35 bits per heavy atom. The number of aromatic nitrogens is 2. The first-order chi connectivity index (χ1) is 10.8. The van der Waals surface area contributed by atoms with Gasteiger partial charge in [-0.2, -0.15) is 5.10 Å². The summed E-state index contributed by atoms with van der Waals surface area (Å²) in [4.78, 5) is 24.7. The van der Waals surface area contributed by atoms with E-state index in [-0.39, 0.29) is 17.8 Å². The molecule has 0 saturated carbocycles. The minimum absolute atomic E-state index is 0.123. The van der Waals surface area contributed by atoms with Crippen molar-refractivity contribution in [3.05, 3.63) is 33.5 Å². The third-order valence-corrected chi connectivity index (χ3v) is 5.06. The Bertz CT molecular complexity index is 761. The molecule has 2 aromatic rings. The first kappa shape index (κ1) is 17.2. The van der Waals surface area contributed by atoms with E-state index in [1.54, 1.807) is 10.7 Å². The van der Waals surface area contributed by atoms with Gasteiger partial charge in [0, 0.05) is 18.3 Å².